The van der Waals surface area contributed by atoms with Crippen molar-refractivity contribution in [3.8, 4) is 0 Å². The maximum absolute atomic E-state index is 11.7. The van der Waals surface area contributed by atoms with Gasteiger partial charge in [0.25, 0.3) is 0 Å². The van der Waals surface area contributed by atoms with Crippen LogP contribution >= 0.6 is 0 Å². The number of nitrogens with one attached hydrogen (secondary N) is 1. The summed E-state index contributed by atoms with van der Waals surface area (Å²) in [5.74, 6) is 0.00400. The minimum absolute atomic E-state index is 0.00400. The zero-order valence-electron chi connectivity index (χ0n) is 10.6. The topological polar surface area (TPSA) is 56.2 Å². The molecule has 1 fully saturated rings. The van der Waals surface area contributed by atoms with Crippen LogP contribution in [0.3, 0.4) is 0 Å². The number of aryl methyl sites for hydroxylation is 2. The van der Waals surface area contributed by atoms with E-state index in [0.717, 1.165) is 24.6 Å². The Kier molecular flexibility index (Phi) is 3.19. The van der Waals surface area contributed by atoms with E-state index in [1.807, 2.05) is 19.9 Å². The molecule has 0 saturated carbocycles. The third kappa shape index (κ3) is 2.85. The molecule has 1 N–H and O–H groups in total. The van der Waals surface area contributed by atoms with Crippen molar-refractivity contribution in [2.75, 3.05) is 19.8 Å². The van der Waals surface area contributed by atoms with Crippen molar-refractivity contribution in [3.63, 3.8) is 0 Å². The van der Waals surface area contributed by atoms with Crippen LogP contribution in [0.2, 0.25) is 0 Å². The van der Waals surface area contributed by atoms with E-state index >= 15 is 0 Å². The van der Waals surface area contributed by atoms with E-state index in [-0.39, 0.29) is 17.9 Å². The van der Waals surface area contributed by atoms with Gasteiger partial charge in [-0.15, -0.1) is 0 Å². The first-order valence-electron chi connectivity index (χ1n) is 5.84. The maximum Gasteiger partial charge on any atom is 0.241 e. The molecular weight excluding hydrogens is 218 g/mol. The van der Waals surface area contributed by atoms with E-state index in [2.05, 4.69) is 17.3 Å². The number of ether oxygens (including phenoxy) is 1. The molecule has 0 bridgehead atoms. The fraction of sp³-hybridized carbons (Fsp3) is 0.667. The molecular formula is C12H19N3O2. The number of carbonyl (C=O) groups is 1. The highest BCUT2D eigenvalue weighted by Gasteiger charge is 2.33. The van der Waals surface area contributed by atoms with Gasteiger partial charge in [0.1, 0.15) is 6.54 Å². The molecule has 17 heavy (non-hydrogen) atoms. The van der Waals surface area contributed by atoms with Crippen LogP contribution in [-0.4, -0.2) is 35.4 Å². The standard InChI is InChI=1S/C12H19N3O2/c1-9-4-10(2)15(14-9)5-11(16)13-6-12(3)7-17-8-12/h4H,5-8H2,1-3H3,(H,13,16). The summed E-state index contributed by atoms with van der Waals surface area (Å²) < 4.78 is 6.87. The monoisotopic (exact) mass is 237 g/mol. The highest BCUT2D eigenvalue weighted by Crippen LogP contribution is 2.24. The Morgan fingerprint density at radius 2 is 2.29 bits per heavy atom. The highest BCUT2D eigenvalue weighted by atomic mass is 16.5. The Hall–Kier alpha value is -1.36. The quantitative estimate of drug-likeness (QED) is 0.836. The number of hydrogen-bond donors (Lipinski definition) is 1. The summed E-state index contributed by atoms with van der Waals surface area (Å²) in [7, 11) is 0. The highest BCUT2D eigenvalue weighted by molar-refractivity contribution is 5.75. The van der Waals surface area contributed by atoms with Crippen LogP contribution < -0.4 is 5.32 Å². The Morgan fingerprint density at radius 1 is 1.59 bits per heavy atom. The minimum Gasteiger partial charge on any atom is -0.380 e. The second kappa shape index (κ2) is 4.49. The first-order chi connectivity index (χ1) is 7.98. The predicted octanol–water partition coefficient (Wildman–Crippen LogP) is 0.653. The summed E-state index contributed by atoms with van der Waals surface area (Å²) >= 11 is 0. The van der Waals surface area contributed by atoms with Gasteiger partial charge in [0, 0.05) is 17.7 Å². The van der Waals surface area contributed by atoms with Crippen molar-refractivity contribution in [2.45, 2.75) is 27.3 Å². The summed E-state index contributed by atoms with van der Waals surface area (Å²) in [5.41, 5.74) is 2.07. The minimum atomic E-state index is 0.00400. The number of hydrogen-bond acceptors (Lipinski definition) is 3. The molecule has 1 aliphatic rings. The van der Waals surface area contributed by atoms with Gasteiger partial charge in [-0.25, -0.2) is 0 Å². The molecule has 1 saturated heterocycles. The van der Waals surface area contributed by atoms with E-state index in [0.29, 0.717) is 6.54 Å². The van der Waals surface area contributed by atoms with Crippen LogP contribution in [-0.2, 0) is 16.1 Å². The first-order valence-corrected chi connectivity index (χ1v) is 5.84. The molecule has 0 unspecified atom stereocenters. The lowest BCUT2D eigenvalue weighted by Crippen LogP contribution is -2.49. The van der Waals surface area contributed by atoms with Gasteiger partial charge in [-0.05, 0) is 19.9 Å². The Morgan fingerprint density at radius 3 is 2.76 bits per heavy atom. The molecule has 0 aliphatic carbocycles. The van der Waals surface area contributed by atoms with E-state index in [9.17, 15) is 4.79 Å². The summed E-state index contributed by atoms with van der Waals surface area (Å²) in [6.07, 6.45) is 0. The summed E-state index contributed by atoms with van der Waals surface area (Å²) in [4.78, 5) is 11.7. The van der Waals surface area contributed by atoms with Crippen molar-refractivity contribution in [2.24, 2.45) is 5.41 Å². The molecule has 94 valence electrons. The molecule has 1 aromatic heterocycles. The normalized spacial score (nSPS) is 17.6. The lowest BCUT2D eigenvalue weighted by Gasteiger charge is -2.38. The fourth-order valence-corrected chi connectivity index (χ4v) is 1.89. The number of amides is 1. The van der Waals surface area contributed by atoms with Crippen molar-refractivity contribution >= 4 is 5.91 Å². The number of carbonyl (C=O) groups excluding carboxylic acids is 1. The largest absolute Gasteiger partial charge is 0.380 e. The molecule has 0 atom stereocenters. The lowest BCUT2D eigenvalue weighted by atomic mass is 9.89. The van der Waals surface area contributed by atoms with Crippen LogP contribution in [0.4, 0.5) is 0 Å². The molecule has 2 rings (SSSR count). The van der Waals surface area contributed by atoms with E-state index in [4.69, 9.17) is 4.74 Å². The van der Waals surface area contributed by atoms with Gasteiger partial charge >= 0.3 is 0 Å². The van der Waals surface area contributed by atoms with Crippen LogP contribution in [0, 0.1) is 19.3 Å². The predicted molar refractivity (Wildman–Crippen MR) is 63.6 cm³/mol. The second-order valence-corrected chi connectivity index (χ2v) is 5.16. The number of nitrogens with zero attached hydrogens (tertiary/aromatic N) is 2. The van der Waals surface area contributed by atoms with Gasteiger partial charge < -0.3 is 10.1 Å². The third-order valence-electron chi connectivity index (χ3n) is 3.01. The number of rotatable bonds is 4. The van der Waals surface area contributed by atoms with Crippen molar-refractivity contribution < 1.29 is 9.53 Å². The van der Waals surface area contributed by atoms with Gasteiger partial charge in [-0.2, -0.15) is 5.10 Å². The molecule has 0 spiro atoms. The number of aromatic nitrogens is 2. The SMILES string of the molecule is Cc1cc(C)n(CC(=O)NCC2(C)COC2)n1. The van der Waals surface area contributed by atoms with Gasteiger partial charge in [-0.1, -0.05) is 6.92 Å². The van der Waals surface area contributed by atoms with E-state index in [1.54, 1.807) is 4.68 Å². The van der Waals surface area contributed by atoms with Gasteiger partial charge in [0.2, 0.25) is 5.91 Å². The summed E-state index contributed by atoms with van der Waals surface area (Å²) in [6, 6.07) is 1.97. The van der Waals surface area contributed by atoms with Crippen LogP contribution in [0.15, 0.2) is 6.07 Å². The first kappa shape index (κ1) is 12.1. The van der Waals surface area contributed by atoms with E-state index < -0.39 is 0 Å². The Balaban J connectivity index is 1.83. The van der Waals surface area contributed by atoms with Gasteiger partial charge in [0.05, 0.1) is 18.9 Å². The average Bonchev–Trinajstić information content (AvgIpc) is 2.52. The van der Waals surface area contributed by atoms with Crippen molar-refractivity contribution in [1.29, 1.82) is 0 Å². The Bertz CT molecular complexity index is 421. The van der Waals surface area contributed by atoms with Crippen LogP contribution in [0.5, 0.6) is 0 Å². The Labute approximate surface area is 101 Å². The molecule has 5 nitrogen and oxygen atoms in total. The molecule has 1 aliphatic heterocycles. The summed E-state index contributed by atoms with van der Waals surface area (Å²) in [6.45, 7) is 8.41. The molecule has 1 amide bonds. The van der Waals surface area contributed by atoms with Gasteiger partial charge in [0.15, 0.2) is 0 Å². The molecule has 0 aromatic carbocycles. The molecule has 1 aromatic rings. The van der Waals surface area contributed by atoms with Crippen LogP contribution in [0.25, 0.3) is 0 Å². The fourth-order valence-electron chi connectivity index (χ4n) is 1.89. The average molecular weight is 237 g/mol. The zero-order valence-corrected chi connectivity index (χ0v) is 10.6. The molecule has 2 heterocycles. The van der Waals surface area contributed by atoms with Gasteiger partial charge in [-0.3, -0.25) is 9.48 Å². The smallest absolute Gasteiger partial charge is 0.241 e. The maximum atomic E-state index is 11.7. The lowest BCUT2D eigenvalue weighted by molar-refractivity contribution is -0.127. The molecule has 0 radical (unpaired) electrons. The zero-order chi connectivity index (χ0) is 12.5. The van der Waals surface area contributed by atoms with Crippen LogP contribution in [0.1, 0.15) is 18.3 Å². The third-order valence-corrected chi connectivity index (χ3v) is 3.01. The van der Waals surface area contributed by atoms with Crippen molar-refractivity contribution in [3.05, 3.63) is 17.5 Å². The van der Waals surface area contributed by atoms with Crippen molar-refractivity contribution in [1.82, 2.24) is 15.1 Å². The molecule has 5 heteroatoms. The second-order valence-electron chi connectivity index (χ2n) is 5.16. The summed E-state index contributed by atoms with van der Waals surface area (Å²) in [5, 5.41) is 7.19. The van der Waals surface area contributed by atoms with E-state index in [1.165, 1.54) is 0 Å².